The van der Waals surface area contributed by atoms with E-state index >= 15 is 0 Å². The van der Waals surface area contributed by atoms with Crippen molar-refractivity contribution in [3.8, 4) is 5.75 Å². The minimum atomic E-state index is -0.0247. The number of hydrogen-bond donors (Lipinski definition) is 2. The Balaban J connectivity index is 0.00000192. The highest BCUT2D eigenvalue weighted by atomic mass is 35.5. The van der Waals surface area contributed by atoms with Crippen LogP contribution in [-0.2, 0) is 17.6 Å². The molecule has 1 atom stereocenters. The van der Waals surface area contributed by atoms with Crippen molar-refractivity contribution in [1.82, 2.24) is 10.6 Å². The maximum Gasteiger partial charge on any atom is 0.257 e. The van der Waals surface area contributed by atoms with E-state index in [1.165, 1.54) is 43.2 Å². The molecule has 1 aromatic carbocycles. The summed E-state index contributed by atoms with van der Waals surface area (Å²) in [5.74, 6) is 1.35. The van der Waals surface area contributed by atoms with Crippen molar-refractivity contribution >= 4 is 18.3 Å². The second kappa shape index (κ2) is 9.14. The van der Waals surface area contributed by atoms with Crippen LogP contribution in [0.15, 0.2) is 18.2 Å². The van der Waals surface area contributed by atoms with Gasteiger partial charge in [0.2, 0.25) is 0 Å². The smallest absolute Gasteiger partial charge is 0.257 e. The van der Waals surface area contributed by atoms with E-state index in [-0.39, 0.29) is 24.9 Å². The van der Waals surface area contributed by atoms with Gasteiger partial charge < -0.3 is 15.4 Å². The lowest BCUT2D eigenvalue weighted by atomic mass is 9.92. The number of halogens is 1. The van der Waals surface area contributed by atoms with Gasteiger partial charge in [-0.2, -0.15) is 0 Å². The first-order valence-electron chi connectivity index (χ1n) is 8.53. The molecule has 1 aliphatic heterocycles. The number of benzene rings is 1. The number of aryl methyl sites for hydroxylation is 2. The lowest BCUT2D eigenvalue weighted by Gasteiger charge is -2.22. The Hall–Kier alpha value is -1.26. The molecule has 1 aliphatic carbocycles. The largest absolute Gasteiger partial charge is 0.484 e. The Kier molecular flexibility index (Phi) is 7.18. The van der Waals surface area contributed by atoms with Gasteiger partial charge >= 0.3 is 0 Å². The van der Waals surface area contributed by atoms with Crippen molar-refractivity contribution in [2.24, 2.45) is 5.92 Å². The van der Waals surface area contributed by atoms with Gasteiger partial charge in [0.05, 0.1) is 0 Å². The van der Waals surface area contributed by atoms with Gasteiger partial charge in [-0.1, -0.05) is 6.07 Å². The van der Waals surface area contributed by atoms with Gasteiger partial charge in [-0.25, -0.2) is 0 Å². The van der Waals surface area contributed by atoms with E-state index in [1.54, 1.807) is 0 Å². The second-order valence-electron chi connectivity index (χ2n) is 6.44. The van der Waals surface area contributed by atoms with Gasteiger partial charge in [-0.15, -0.1) is 12.4 Å². The van der Waals surface area contributed by atoms with Crippen LogP contribution in [0.2, 0.25) is 0 Å². The summed E-state index contributed by atoms with van der Waals surface area (Å²) in [6.45, 7) is 2.97. The first-order valence-corrected chi connectivity index (χ1v) is 8.53. The molecule has 2 aliphatic rings. The molecule has 1 fully saturated rings. The second-order valence-corrected chi connectivity index (χ2v) is 6.44. The van der Waals surface area contributed by atoms with Crippen LogP contribution >= 0.6 is 12.4 Å². The van der Waals surface area contributed by atoms with E-state index in [2.05, 4.69) is 22.8 Å². The predicted molar refractivity (Wildman–Crippen MR) is 94.4 cm³/mol. The van der Waals surface area contributed by atoms with Gasteiger partial charge in [0.1, 0.15) is 5.75 Å². The van der Waals surface area contributed by atoms with Crippen molar-refractivity contribution in [2.45, 2.75) is 38.5 Å². The molecule has 5 heteroatoms. The molecule has 0 saturated carbocycles. The topological polar surface area (TPSA) is 50.4 Å². The summed E-state index contributed by atoms with van der Waals surface area (Å²) in [6.07, 6.45) is 7.24. The van der Waals surface area contributed by atoms with Crippen molar-refractivity contribution in [3.05, 3.63) is 29.3 Å². The Labute approximate surface area is 144 Å². The summed E-state index contributed by atoms with van der Waals surface area (Å²) in [5, 5.41) is 6.34. The molecular weight excluding hydrogens is 312 g/mol. The molecule has 1 aromatic rings. The summed E-state index contributed by atoms with van der Waals surface area (Å²) >= 11 is 0. The molecule has 0 aromatic heterocycles. The lowest BCUT2D eigenvalue weighted by Crippen LogP contribution is -2.39. The summed E-state index contributed by atoms with van der Waals surface area (Å²) in [5.41, 5.74) is 2.82. The summed E-state index contributed by atoms with van der Waals surface area (Å²) in [4.78, 5) is 11.9. The highest BCUT2D eigenvalue weighted by Gasteiger charge is 2.14. The maximum atomic E-state index is 11.9. The Morgan fingerprint density at radius 2 is 2.04 bits per heavy atom. The van der Waals surface area contributed by atoms with E-state index in [0.717, 1.165) is 31.8 Å². The van der Waals surface area contributed by atoms with Gasteiger partial charge in [-0.05, 0) is 80.8 Å². The van der Waals surface area contributed by atoms with Crippen molar-refractivity contribution in [2.75, 3.05) is 26.2 Å². The lowest BCUT2D eigenvalue weighted by molar-refractivity contribution is -0.123. The van der Waals surface area contributed by atoms with Crippen LogP contribution in [0.25, 0.3) is 0 Å². The summed E-state index contributed by atoms with van der Waals surface area (Å²) in [6, 6.07) is 6.24. The van der Waals surface area contributed by atoms with E-state index in [0.29, 0.717) is 5.92 Å². The molecule has 0 radical (unpaired) electrons. The Morgan fingerprint density at radius 1 is 1.22 bits per heavy atom. The van der Waals surface area contributed by atoms with Gasteiger partial charge in [0.15, 0.2) is 6.61 Å². The van der Waals surface area contributed by atoms with Crippen LogP contribution in [-0.4, -0.2) is 32.1 Å². The van der Waals surface area contributed by atoms with Gasteiger partial charge in [0.25, 0.3) is 5.91 Å². The summed E-state index contributed by atoms with van der Waals surface area (Å²) < 4.78 is 5.65. The molecule has 0 bridgehead atoms. The minimum absolute atomic E-state index is 0. The maximum absolute atomic E-state index is 11.9. The molecular formula is C18H27ClN2O2. The first kappa shape index (κ1) is 18.1. The van der Waals surface area contributed by atoms with Crippen LogP contribution in [0.5, 0.6) is 5.75 Å². The van der Waals surface area contributed by atoms with Crippen molar-refractivity contribution in [3.63, 3.8) is 0 Å². The number of fused-ring (bicyclic) bond motifs is 1. The molecule has 3 rings (SSSR count). The third-order valence-corrected chi connectivity index (χ3v) is 4.68. The number of carbonyl (C=O) groups excluding carboxylic acids is 1. The van der Waals surface area contributed by atoms with E-state index in [4.69, 9.17) is 4.74 Å². The third kappa shape index (κ3) is 5.40. The Bertz CT molecular complexity index is 516. The highest BCUT2D eigenvalue weighted by Crippen LogP contribution is 2.25. The van der Waals surface area contributed by atoms with Crippen LogP contribution in [0.3, 0.4) is 0 Å². The van der Waals surface area contributed by atoms with E-state index < -0.39 is 0 Å². The number of carbonyl (C=O) groups is 1. The first-order chi connectivity index (χ1) is 10.8. The standard InChI is InChI=1S/C18H26N2O2.ClH/c21-18(20-12-14-4-3-9-19-11-14)13-22-17-8-7-15-5-1-2-6-16(15)10-17;/h7-8,10,14,19H,1-6,9,11-13H2,(H,20,21);1H. The molecule has 128 valence electrons. The van der Waals surface area contributed by atoms with Crippen molar-refractivity contribution < 1.29 is 9.53 Å². The molecule has 2 N–H and O–H groups in total. The van der Waals surface area contributed by atoms with Crippen molar-refractivity contribution in [1.29, 1.82) is 0 Å². The number of amides is 1. The predicted octanol–water partition coefficient (Wildman–Crippen LogP) is 2.48. The molecule has 0 spiro atoms. The van der Waals surface area contributed by atoms with Crippen LogP contribution < -0.4 is 15.4 Å². The molecule has 1 saturated heterocycles. The fourth-order valence-electron chi connectivity index (χ4n) is 3.36. The van der Waals surface area contributed by atoms with Crippen LogP contribution in [0.4, 0.5) is 0 Å². The third-order valence-electron chi connectivity index (χ3n) is 4.68. The fourth-order valence-corrected chi connectivity index (χ4v) is 3.36. The van der Waals surface area contributed by atoms with E-state index in [9.17, 15) is 4.79 Å². The normalized spacial score (nSPS) is 20.1. The number of hydrogen-bond acceptors (Lipinski definition) is 3. The number of ether oxygens (including phenoxy) is 1. The zero-order valence-electron chi connectivity index (χ0n) is 13.6. The van der Waals surface area contributed by atoms with E-state index in [1.807, 2.05) is 6.07 Å². The van der Waals surface area contributed by atoms with Gasteiger partial charge in [-0.3, -0.25) is 4.79 Å². The fraction of sp³-hybridized carbons (Fsp3) is 0.611. The van der Waals surface area contributed by atoms with Crippen LogP contribution in [0, 0.1) is 5.92 Å². The summed E-state index contributed by atoms with van der Waals surface area (Å²) in [7, 11) is 0. The molecule has 1 heterocycles. The monoisotopic (exact) mass is 338 g/mol. The average Bonchev–Trinajstić information content (AvgIpc) is 2.59. The highest BCUT2D eigenvalue weighted by molar-refractivity contribution is 5.85. The molecule has 4 nitrogen and oxygen atoms in total. The Morgan fingerprint density at radius 3 is 2.83 bits per heavy atom. The SMILES string of the molecule is Cl.O=C(COc1ccc2c(c1)CCCC2)NCC1CCCNC1. The zero-order chi connectivity index (χ0) is 15.2. The zero-order valence-corrected chi connectivity index (χ0v) is 14.4. The molecule has 1 amide bonds. The number of piperidine rings is 1. The molecule has 23 heavy (non-hydrogen) atoms. The molecule has 1 unspecified atom stereocenters. The van der Waals surface area contributed by atoms with Crippen LogP contribution in [0.1, 0.15) is 36.8 Å². The number of nitrogens with one attached hydrogen (secondary N) is 2. The van der Waals surface area contributed by atoms with Gasteiger partial charge in [0, 0.05) is 6.54 Å². The minimum Gasteiger partial charge on any atom is -0.484 e. The average molecular weight is 339 g/mol. The quantitative estimate of drug-likeness (QED) is 0.867. The number of rotatable bonds is 5.